The van der Waals surface area contributed by atoms with E-state index in [1.807, 2.05) is 27.7 Å². The van der Waals surface area contributed by atoms with Crippen LogP contribution in [0.25, 0.3) is 0 Å². The molecular weight excluding hydrogens is 228 g/mol. The molecule has 0 radical (unpaired) electrons. The van der Waals surface area contributed by atoms with Crippen molar-refractivity contribution in [3.63, 3.8) is 0 Å². The Kier molecular flexibility index (Phi) is 2.54. The molecule has 0 aliphatic heterocycles. The Labute approximate surface area is 88.0 Å². The second-order valence-electron chi connectivity index (χ2n) is 4.14. The fourth-order valence-corrected chi connectivity index (χ4v) is 2.13. The van der Waals surface area contributed by atoms with Crippen LogP contribution in [0.3, 0.4) is 0 Å². The molecule has 0 aromatic rings. The molecule has 2 heteroatoms. The van der Waals surface area contributed by atoms with Gasteiger partial charge in [-0.05, 0) is 40.2 Å². The molecule has 0 bridgehead atoms. The van der Waals surface area contributed by atoms with Gasteiger partial charge in [0.2, 0.25) is 0 Å². The van der Waals surface area contributed by atoms with Crippen molar-refractivity contribution < 1.29 is 4.79 Å². The van der Waals surface area contributed by atoms with E-state index >= 15 is 0 Å². The maximum atomic E-state index is 11.9. The molecule has 1 nitrogen and oxygen atoms in total. The van der Waals surface area contributed by atoms with E-state index in [0.29, 0.717) is 0 Å². The fraction of sp³-hybridized carbons (Fsp3) is 0.545. The Bertz CT molecular complexity index is 332. The molecule has 0 saturated carbocycles. The molecule has 0 aromatic carbocycles. The minimum atomic E-state index is -0.328. The van der Waals surface area contributed by atoms with Gasteiger partial charge in [-0.15, -0.1) is 0 Å². The van der Waals surface area contributed by atoms with Crippen LogP contribution in [0.4, 0.5) is 0 Å². The van der Waals surface area contributed by atoms with Crippen LogP contribution < -0.4 is 0 Å². The molecule has 72 valence electrons. The van der Waals surface area contributed by atoms with E-state index in [0.717, 1.165) is 15.6 Å². The Balaban J connectivity index is 3.41. The predicted octanol–water partition coefficient (Wildman–Crippen LogP) is 3.60. The zero-order valence-electron chi connectivity index (χ0n) is 8.79. The number of hydrogen-bond acceptors (Lipinski definition) is 1. The van der Waals surface area contributed by atoms with E-state index in [4.69, 9.17) is 0 Å². The summed E-state index contributed by atoms with van der Waals surface area (Å²) in [4.78, 5) is 11.9. The smallest absolute Gasteiger partial charge is 0.169 e. The topological polar surface area (TPSA) is 17.1 Å². The monoisotopic (exact) mass is 242 g/mol. The largest absolute Gasteiger partial charge is 0.294 e. The maximum Gasteiger partial charge on any atom is 0.169 e. The summed E-state index contributed by atoms with van der Waals surface area (Å²) in [6, 6.07) is 0. The third kappa shape index (κ3) is 1.41. The zero-order chi connectivity index (χ0) is 10.4. The molecule has 0 aromatic heterocycles. The lowest BCUT2D eigenvalue weighted by Gasteiger charge is -2.31. The summed E-state index contributed by atoms with van der Waals surface area (Å²) in [5, 5.41) is 0. The average molecular weight is 243 g/mol. The standard InChI is InChI=1S/C11H15BrO/c1-6-8(3)11(4,5)10(13)7(2)9(6)12/h1-5H3. The van der Waals surface area contributed by atoms with Gasteiger partial charge in [0.1, 0.15) is 0 Å². The number of carbonyl (C=O) groups excluding carboxylic acids is 1. The first-order valence-electron chi connectivity index (χ1n) is 4.39. The van der Waals surface area contributed by atoms with Gasteiger partial charge in [0, 0.05) is 15.5 Å². The molecule has 0 amide bonds. The normalized spacial score (nSPS) is 22.8. The first-order valence-corrected chi connectivity index (χ1v) is 5.19. The third-order valence-corrected chi connectivity index (χ3v) is 4.26. The second kappa shape index (κ2) is 3.09. The number of allylic oxidation sites excluding steroid dienone is 4. The van der Waals surface area contributed by atoms with Gasteiger partial charge in [-0.2, -0.15) is 0 Å². The van der Waals surface area contributed by atoms with Gasteiger partial charge < -0.3 is 0 Å². The maximum absolute atomic E-state index is 11.9. The third-order valence-electron chi connectivity index (χ3n) is 3.07. The van der Waals surface area contributed by atoms with Crippen molar-refractivity contribution in [2.24, 2.45) is 5.41 Å². The Hall–Kier alpha value is -0.370. The van der Waals surface area contributed by atoms with Gasteiger partial charge in [0.15, 0.2) is 5.78 Å². The number of carbonyl (C=O) groups is 1. The number of ketones is 1. The molecule has 1 aliphatic rings. The number of halogens is 1. The Morgan fingerprint density at radius 1 is 1.08 bits per heavy atom. The van der Waals surface area contributed by atoms with Crippen LogP contribution in [0.1, 0.15) is 34.6 Å². The van der Waals surface area contributed by atoms with E-state index in [2.05, 4.69) is 22.9 Å². The lowest BCUT2D eigenvalue weighted by molar-refractivity contribution is -0.121. The predicted molar refractivity (Wildman–Crippen MR) is 58.8 cm³/mol. The molecule has 0 spiro atoms. The highest BCUT2D eigenvalue weighted by atomic mass is 79.9. The van der Waals surface area contributed by atoms with E-state index in [1.165, 1.54) is 5.57 Å². The van der Waals surface area contributed by atoms with Crippen molar-refractivity contribution in [1.29, 1.82) is 0 Å². The second-order valence-corrected chi connectivity index (χ2v) is 4.94. The molecule has 0 saturated heterocycles. The van der Waals surface area contributed by atoms with E-state index in [-0.39, 0.29) is 11.2 Å². The molecule has 0 atom stereocenters. The Morgan fingerprint density at radius 3 is 2.00 bits per heavy atom. The number of hydrogen-bond donors (Lipinski definition) is 0. The van der Waals surface area contributed by atoms with Crippen LogP contribution in [0.15, 0.2) is 21.2 Å². The van der Waals surface area contributed by atoms with Gasteiger partial charge in [0.25, 0.3) is 0 Å². The summed E-state index contributed by atoms with van der Waals surface area (Å²) in [6.07, 6.45) is 0. The zero-order valence-corrected chi connectivity index (χ0v) is 10.4. The van der Waals surface area contributed by atoms with Crippen LogP contribution >= 0.6 is 15.9 Å². The van der Waals surface area contributed by atoms with Crippen molar-refractivity contribution in [2.75, 3.05) is 0 Å². The molecule has 13 heavy (non-hydrogen) atoms. The summed E-state index contributed by atoms with van der Waals surface area (Å²) in [7, 11) is 0. The fourth-order valence-electron chi connectivity index (χ4n) is 1.65. The quantitative estimate of drug-likeness (QED) is 0.635. The lowest BCUT2D eigenvalue weighted by Crippen LogP contribution is -2.30. The Morgan fingerprint density at radius 2 is 1.54 bits per heavy atom. The highest BCUT2D eigenvalue weighted by Crippen LogP contribution is 2.41. The molecule has 0 N–H and O–H groups in total. The van der Waals surface area contributed by atoms with Gasteiger partial charge in [0.05, 0.1) is 0 Å². The van der Waals surface area contributed by atoms with Crippen molar-refractivity contribution in [1.82, 2.24) is 0 Å². The molecule has 0 heterocycles. The first kappa shape index (κ1) is 10.7. The SMILES string of the molecule is CC1=C(Br)C(C)=C(C)C(C)(C)C1=O. The van der Waals surface area contributed by atoms with Crippen molar-refractivity contribution in [2.45, 2.75) is 34.6 Å². The summed E-state index contributed by atoms with van der Waals surface area (Å²) in [5.41, 5.74) is 2.87. The van der Waals surface area contributed by atoms with Gasteiger partial charge >= 0.3 is 0 Å². The first-order chi connectivity index (χ1) is 5.80. The van der Waals surface area contributed by atoms with E-state index in [1.54, 1.807) is 0 Å². The lowest BCUT2D eigenvalue weighted by atomic mass is 9.73. The number of Topliss-reactive ketones (excluding diaryl/α,β-unsaturated/α-hetero) is 1. The van der Waals surface area contributed by atoms with Gasteiger partial charge in [-0.1, -0.05) is 21.5 Å². The molecule has 1 aliphatic carbocycles. The minimum Gasteiger partial charge on any atom is -0.294 e. The summed E-state index contributed by atoms with van der Waals surface area (Å²) < 4.78 is 0.967. The van der Waals surface area contributed by atoms with Crippen LogP contribution in [-0.4, -0.2) is 5.78 Å². The van der Waals surface area contributed by atoms with E-state index in [9.17, 15) is 4.79 Å². The molecule has 0 unspecified atom stereocenters. The van der Waals surface area contributed by atoms with Crippen LogP contribution in [0.2, 0.25) is 0 Å². The summed E-state index contributed by atoms with van der Waals surface area (Å²) in [6.45, 7) is 9.93. The van der Waals surface area contributed by atoms with Crippen molar-refractivity contribution in [3.8, 4) is 0 Å². The molecule has 0 fully saturated rings. The van der Waals surface area contributed by atoms with Gasteiger partial charge in [-0.25, -0.2) is 0 Å². The van der Waals surface area contributed by atoms with Crippen LogP contribution in [-0.2, 0) is 4.79 Å². The highest BCUT2D eigenvalue weighted by molar-refractivity contribution is 9.12. The number of rotatable bonds is 0. The van der Waals surface area contributed by atoms with E-state index < -0.39 is 0 Å². The molecule has 1 rings (SSSR count). The van der Waals surface area contributed by atoms with Crippen molar-refractivity contribution >= 4 is 21.7 Å². The average Bonchev–Trinajstić information content (AvgIpc) is 2.09. The van der Waals surface area contributed by atoms with Crippen LogP contribution in [0, 0.1) is 5.41 Å². The molecular formula is C11H15BrO. The van der Waals surface area contributed by atoms with Gasteiger partial charge in [-0.3, -0.25) is 4.79 Å². The summed E-state index contributed by atoms with van der Waals surface area (Å²) >= 11 is 3.45. The highest BCUT2D eigenvalue weighted by Gasteiger charge is 2.36. The minimum absolute atomic E-state index is 0.225. The van der Waals surface area contributed by atoms with Crippen LogP contribution in [0.5, 0.6) is 0 Å². The summed E-state index contributed by atoms with van der Waals surface area (Å²) in [5.74, 6) is 0.225. The van der Waals surface area contributed by atoms with Crippen molar-refractivity contribution in [3.05, 3.63) is 21.2 Å².